The van der Waals surface area contributed by atoms with Crippen LogP contribution in [0.1, 0.15) is 13.8 Å². The first-order chi connectivity index (χ1) is 18.3. The molecule has 0 aromatic rings. The number of ether oxygens (including phenoxy) is 6. The Balaban J connectivity index is 1.62. The lowest BCUT2D eigenvalue weighted by Gasteiger charge is -2.28. The largest absolute Gasteiger partial charge is 0.394 e. The predicted molar refractivity (Wildman–Crippen MR) is 137 cm³/mol. The molecule has 3 fully saturated rings. The molecule has 0 spiro atoms. The molecule has 0 aromatic heterocycles. The Hall–Kier alpha value is 0.0449. The van der Waals surface area contributed by atoms with Gasteiger partial charge in [0, 0.05) is 40.7 Å². The maximum absolute atomic E-state index is 13.3. The van der Waals surface area contributed by atoms with Crippen LogP contribution in [0, 0.1) is 0 Å². The third kappa shape index (κ3) is 8.12. The van der Waals surface area contributed by atoms with Crippen molar-refractivity contribution in [2.75, 3.05) is 54.5 Å². The number of hydrogen-bond donors (Lipinski definition) is 2. The monoisotopic (exact) mass is 602 g/mol. The summed E-state index contributed by atoms with van der Waals surface area (Å²) in [4.78, 5) is 0. The summed E-state index contributed by atoms with van der Waals surface area (Å²) < 4.78 is 82.3. The Morgan fingerprint density at radius 1 is 0.718 bits per heavy atom. The molecule has 2 N–H and O–H groups in total. The van der Waals surface area contributed by atoms with Crippen LogP contribution >= 0.6 is 15.2 Å². The van der Waals surface area contributed by atoms with Crippen LogP contribution in [0.3, 0.4) is 0 Å². The van der Waals surface area contributed by atoms with E-state index in [4.69, 9.17) is 54.4 Å². The third-order valence-electron chi connectivity index (χ3n) is 7.03. The van der Waals surface area contributed by atoms with Crippen molar-refractivity contribution >= 4 is 23.0 Å². The van der Waals surface area contributed by atoms with E-state index in [0.29, 0.717) is 0 Å². The SMILES string of the molecule is [B][C@@H]1O[C@H](COP(C)(=O)OC2C(OC)[C@H](C)O[C@@H]2COP(C)(=O)OC2C(OC)[C@H](C)O[C@@H]2CO)C(O)C1OC. The highest BCUT2D eigenvalue weighted by Gasteiger charge is 2.49. The Kier molecular flexibility index (Phi) is 12.1. The molecule has 39 heavy (non-hydrogen) atoms. The van der Waals surface area contributed by atoms with E-state index in [9.17, 15) is 19.3 Å². The van der Waals surface area contributed by atoms with Gasteiger partial charge in [0.05, 0.1) is 32.0 Å². The van der Waals surface area contributed by atoms with Gasteiger partial charge in [-0.1, -0.05) is 0 Å². The summed E-state index contributed by atoms with van der Waals surface area (Å²) in [6, 6.07) is -0.864. The lowest BCUT2D eigenvalue weighted by molar-refractivity contribution is -0.0317. The second-order valence-corrected chi connectivity index (χ2v) is 14.0. The Bertz CT molecular complexity index is 884. The van der Waals surface area contributed by atoms with Gasteiger partial charge in [-0.05, 0) is 13.8 Å². The van der Waals surface area contributed by atoms with E-state index in [2.05, 4.69) is 0 Å². The highest BCUT2D eigenvalue weighted by atomic mass is 31.2. The van der Waals surface area contributed by atoms with Gasteiger partial charge in [-0.3, -0.25) is 18.2 Å². The lowest BCUT2D eigenvalue weighted by Crippen LogP contribution is -2.39. The minimum Gasteiger partial charge on any atom is -0.394 e. The summed E-state index contributed by atoms with van der Waals surface area (Å²) in [5.74, 6) is 0. The Morgan fingerprint density at radius 2 is 1.15 bits per heavy atom. The lowest BCUT2D eigenvalue weighted by atomic mass is 9.93. The maximum atomic E-state index is 13.3. The van der Waals surface area contributed by atoms with Crippen LogP contribution in [0.15, 0.2) is 0 Å². The molecule has 0 saturated carbocycles. The molecule has 2 radical (unpaired) electrons. The van der Waals surface area contributed by atoms with E-state index in [1.807, 2.05) is 0 Å². The first kappa shape index (κ1) is 33.5. The fourth-order valence-electron chi connectivity index (χ4n) is 5.10. The highest BCUT2D eigenvalue weighted by molar-refractivity contribution is 7.53. The first-order valence-corrected chi connectivity index (χ1v) is 16.7. The van der Waals surface area contributed by atoms with Crippen molar-refractivity contribution < 1.29 is 65.9 Å². The summed E-state index contributed by atoms with van der Waals surface area (Å²) in [5, 5.41) is 20.0. The minimum atomic E-state index is -3.75. The van der Waals surface area contributed by atoms with Crippen LogP contribution in [0.5, 0.6) is 0 Å². The van der Waals surface area contributed by atoms with Gasteiger partial charge in [-0.15, -0.1) is 0 Å². The van der Waals surface area contributed by atoms with Crippen LogP contribution in [0.2, 0.25) is 0 Å². The summed E-state index contributed by atoms with van der Waals surface area (Å²) >= 11 is 0. The van der Waals surface area contributed by atoms with E-state index >= 15 is 0 Å². The van der Waals surface area contributed by atoms with Gasteiger partial charge in [0.2, 0.25) is 0 Å². The topological polar surface area (TPSA) is 167 Å². The van der Waals surface area contributed by atoms with Crippen molar-refractivity contribution in [3.63, 3.8) is 0 Å². The van der Waals surface area contributed by atoms with Gasteiger partial charge in [0.1, 0.15) is 62.8 Å². The molecular weight excluding hydrogens is 561 g/mol. The van der Waals surface area contributed by atoms with Crippen molar-refractivity contribution in [2.45, 2.75) is 87.0 Å². The minimum absolute atomic E-state index is 0.248. The van der Waals surface area contributed by atoms with Crippen molar-refractivity contribution in [2.24, 2.45) is 0 Å². The molecule has 0 aromatic carbocycles. The second-order valence-electron chi connectivity index (χ2n) is 9.95. The van der Waals surface area contributed by atoms with Crippen LogP contribution in [0.25, 0.3) is 0 Å². The molecule has 17 heteroatoms. The molecule has 3 saturated heterocycles. The smallest absolute Gasteiger partial charge is 0.328 e. The molecular formula is C22H41BO14P2. The van der Waals surface area contributed by atoms with E-state index in [-0.39, 0.29) is 25.9 Å². The number of rotatable bonds is 14. The van der Waals surface area contributed by atoms with Gasteiger partial charge in [0.25, 0.3) is 0 Å². The third-order valence-corrected chi connectivity index (χ3v) is 9.52. The quantitative estimate of drug-likeness (QED) is 0.206. The fraction of sp³-hybridized carbons (Fsp3) is 1.00. The molecule has 226 valence electrons. The molecule has 14 nitrogen and oxygen atoms in total. The van der Waals surface area contributed by atoms with Crippen LogP contribution in [0.4, 0.5) is 0 Å². The van der Waals surface area contributed by atoms with E-state index in [0.717, 1.165) is 0 Å². The number of aliphatic hydroxyl groups is 2. The molecule has 3 aliphatic rings. The highest BCUT2D eigenvalue weighted by Crippen LogP contribution is 2.51. The van der Waals surface area contributed by atoms with Crippen molar-refractivity contribution in [3.05, 3.63) is 0 Å². The second kappa shape index (κ2) is 14.0. The molecule has 0 aliphatic carbocycles. The zero-order valence-corrected chi connectivity index (χ0v) is 25.1. The maximum Gasteiger partial charge on any atom is 0.328 e. The summed E-state index contributed by atoms with van der Waals surface area (Å²) in [7, 11) is 2.65. The Labute approximate surface area is 230 Å². The summed E-state index contributed by atoms with van der Waals surface area (Å²) in [6.07, 6.45) is -8.10. The molecule has 3 rings (SSSR count). The Morgan fingerprint density at radius 3 is 1.59 bits per heavy atom. The molecule has 0 amide bonds. The van der Waals surface area contributed by atoms with Crippen molar-refractivity contribution in [1.29, 1.82) is 0 Å². The molecule has 3 heterocycles. The fourth-order valence-corrected chi connectivity index (χ4v) is 7.46. The van der Waals surface area contributed by atoms with Gasteiger partial charge >= 0.3 is 15.2 Å². The average molecular weight is 602 g/mol. The van der Waals surface area contributed by atoms with Crippen LogP contribution in [-0.2, 0) is 55.6 Å². The molecule has 3 aliphatic heterocycles. The van der Waals surface area contributed by atoms with Crippen LogP contribution in [-0.4, -0.2) is 146 Å². The zero-order chi connectivity index (χ0) is 29.1. The van der Waals surface area contributed by atoms with Gasteiger partial charge in [-0.2, -0.15) is 0 Å². The zero-order valence-electron chi connectivity index (χ0n) is 23.3. The van der Waals surface area contributed by atoms with E-state index < -0.39 is 82.2 Å². The molecule has 14 atom stereocenters. The van der Waals surface area contributed by atoms with Crippen LogP contribution < -0.4 is 0 Å². The van der Waals surface area contributed by atoms with Gasteiger partial charge in [-0.25, -0.2) is 0 Å². The van der Waals surface area contributed by atoms with Crippen molar-refractivity contribution in [3.8, 4) is 0 Å². The predicted octanol–water partition coefficient (Wildman–Crippen LogP) is 0.302. The van der Waals surface area contributed by atoms with Gasteiger partial charge < -0.3 is 47.7 Å². The first-order valence-electron chi connectivity index (χ1n) is 12.7. The summed E-state index contributed by atoms with van der Waals surface area (Å²) in [6.45, 7) is 5.20. The standard InChI is InChI=1S/C22H41BO14P2/c1-11-17(28-3)19(13(8-24)33-11)36-39(7,27)32-10-15-20(18(29-4)12(2)34-15)37-38(6,26)31-9-14-16(25)21(30-5)22(23)35-14/h11-22,24-25H,8-10H2,1-7H3/t11-,12-,13+,14+,15+,16?,17?,18?,19?,20?,21?,22+,38?,39?/m0/s1. The summed E-state index contributed by atoms with van der Waals surface area (Å²) in [5.41, 5.74) is 0. The van der Waals surface area contributed by atoms with Crippen molar-refractivity contribution in [1.82, 2.24) is 0 Å². The average Bonchev–Trinajstić information content (AvgIpc) is 3.44. The number of hydrogen-bond acceptors (Lipinski definition) is 14. The molecule has 0 bridgehead atoms. The van der Waals surface area contributed by atoms with Gasteiger partial charge in [0.15, 0.2) is 0 Å². The normalized spacial score (nSPS) is 43.9. The number of methoxy groups -OCH3 is 3. The number of aliphatic hydroxyl groups excluding tert-OH is 2. The van der Waals surface area contributed by atoms with E-state index in [1.54, 1.807) is 13.8 Å². The van der Waals surface area contributed by atoms with E-state index in [1.165, 1.54) is 34.7 Å². The molecule has 8 unspecified atom stereocenters.